The van der Waals surface area contributed by atoms with E-state index in [1.807, 2.05) is 0 Å². The monoisotopic (exact) mass is 427 g/mol. The second-order valence-corrected chi connectivity index (χ2v) is 6.50. The van der Waals surface area contributed by atoms with Crippen LogP contribution < -0.4 is 20.1 Å². The summed E-state index contributed by atoms with van der Waals surface area (Å²) >= 11 is 0. The number of carbonyl (C=O) groups excluding carboxylic acids is 1. The van der Waals surface area contributed by atoms with Crippen molar-refractivity contribution in [3.05, 3.63) is 77.6 Å². The van der Waals surface area contributed by atoms with Crippen LogP contribution in [0.25, 0.3) is 0 Å². The average molecular weight is 427 g/mol. The lowest BCUT2D eigenvalue weighted by molar-refractivity contribution is -0.286. The fourth-order valence-corrected chi connectivity index (χ4v) is 3.02. The second kappa shape index (κ2) is 7.90. The number of pyridine rings is 1. The number of nitrogens with one attached hydrogen (secondary N) is 2. The van der Waals surface area contributed by atoms with Gasteiger partial charge in [-0.25, -0.2) is 9.78 Å². The molecule has 0 saturated carbocycles. The molecule has 1 aliphatic heterocycles. The summed E-state index contributed by atoms with van der Waals surface area (Å²) in [6.45, 7) is 0.124. The topological polar surface area (TPSA) is 110 Å². The highest BCUT2D eigenvalue weighted by Crippen LogP contribution is 2.42. The van der Waals surface area contributed by atoms with E-state index in [2.05, 4.69) is 25.1 Å². The van der Waals surface area contributed by atoms with Crippen LogP contribution in [-0.2, 0) is 6.54 Å². The molecule has 0 aliphatic carbocycles. The predicted molar refractivity (Wildman–Crippen MR) is 106 cm³/mol. The summed E-state index contributed by atoms with van der Waals surface area (Å²) < 4.78 is 35.1. The van der Waals surface area contributed by atoms with Crippen molar-refractivity contribution in [3.8, 4) is 11.5 Å². The molecule has 0 spiro atoms. The number of alkyl halides is 2. The molecular weight excluding hydrogens is 412 g/mol. The molecule has 3 N–H and O–H groups in total. The van der Waals surface area contributed by atoms with Gasteiger partial charge in [-0.05, 0) is 30.3 Å². The average Bonchev–Trinajstić information content (AvgIpc) is 3.05. The molecule has 4 rings (SSSR count). The minimum absolute atomic E-state index is 0.0888. The third kappa shape index (κ3) is 4.37. The molecule has 158 valence electrons. The van der Waals surface area contributed by atoms with E-state index in [0.29, 0.717) is 11.3 Å². The van der Waals surface area contributed by atoms with E-state index < -0.39 is 18.2 Å². The molecular formula is C21H15F2N3O5. The molecule has 2 heterocycles. The number of anilines is 2. The zero-order valence-corrected chi connectivity index (χ0v) is 15.8. The van der Waals surface area contributed by atoms with Crippen molar-refractivity contribution in [1.82, 2.24) is 4.98 Å². The van der Waals surface area contributed by atoms with Crippen molar-refractivity contribution in [1.29, 1.82) is 0 Å². The van der Waals surface area contributed by atoms with Crippen LogP contribution in [0.1, 0.15) is 26.4 Å². The molecule has 31 heavy (non-hydrogen) atoms. The Hall–Kier alpha value is -4.21. The Labute approximate surface area is 174 Å². The summed E-state index contributed by atoms with van der Waals surface area (Å²) in [6.07, 6.45) is -2.36. The third-order valence-electron chi connectivity index (χ3n) is 4.39. The number of amides is 1. The van der Waals surface area contributed by atoms with Crippen molar-refractivity contribution < 1.29 is 33.0 Å². The van der Waals surface area contributed by atoms with E-state index in [9.17, 15) is 23.5 Å². The molecule has 1 amide bonds. The van der Waals surface area contributed by atoms with Gasteiger partial charge >= 0.3 is 12.3 Å². The van der Waals surface area contributed by atoms with Gasteiger partial charge in [0.15, 0.2) is 17.2 Å². The number of aromatic carboxylic acids is 1. The smallest absolute Gasteiger partial charge is 0.477 e. The zero-order chi connectivity index (χ0) is 22.0. The van der Waals surface area contributed by atoms with Crippen LogP contribution >= 0.6 is 0 Å². The number of nitrogens with zero attached hydrogens (tertiary/aromatic N) is 1. The van der Waals surface area contributed by atoms with Crippen molar-refractivity contribution in [3.63, 3.8) is 0 Å². The number of carbonyl (C=O) groups is 2. The van der Waals surface area contributed by atoms with Gasteiger partial charge in [0.1, 0.15) is 0 Å². The first kappa shape index (κ1) is 20.1. The number of hydrogen-bond acceptors (Lipinski definition) is 6. The number of fused-ring (bicyclic) bond motifs is 1. The fraction of sp³-hybridized carbons (Fsp3) is 0.0952. The SMILES string of the molecule is O=C(Nc1ccc2c(c1)OC(F)(F)O2)c1ccccc1NCc1cccnc1C(=O)O. The molecule has 1 aromatic heterocycles. The number of halogens is 2. The first-order valence-corrected chi connectivity index (χ1v) is 9.04. The van der Waals surface area contributed by atoms with E-state index in [-0.39, 0.29) is 35.0 Å². The maximum Gasteiger partial charge on any atom is 0.586 e. The number of benzene rings is 2. The van der Waals surface area contributed by atoms with Gasteiger partial charge in [0.2, 0.25) is 0 Å². The molecule has 8 nitrogen and oxygen atoms in total. The number of aromatic nitrogens is 1. The standard InChI is InChI=1S/C21H15F2N3O5/c22-21(23)30-16-8-7-13(10-17(16)31-21)26-19(27)14-5-1-2-6-15(14)25-11-12-4-3-9-24-18(12)20(28)29/h1-10,25H,11H2,(H,26,27)(H,28,29). The van der Waals surface area contributed by atoms with Crippen molar-refractivity contribution in [2.24, 2.45) is 0 Å². The molecule has 0 fully saturated rings. The molecule has 0 radical (unpaired) electrons. The summed E-state index contributed by atoms with van der Waals surface area (Å²) in [5.74, 6) is -1.97. The van der Waals surface area contributed by atoms with E-state index in [0.717, 1.165) is 0 Å². The van der Waals surface area contributed by atoms with Crippen LogP contribution in [-0.4, -0.2) is 28.3 Å². The molecule has 0 atom stereocenters. The number of ether oxygens (including phenoxy) is 2. The van der Waals surface area contributed by atoms with Crippen molar-refractivity contribution in [2.45, 2.75) is 12.8 Å². The zero-order valence-electron chi connectivity index (χ0n) is 15.8. The predicted octanol–water partition coefficient (Wildman–Crippen LogP) is 3.97. The maximum absolute atomic E-state index is 13.2. The molecule has 0 saturated heterocycles. The second-order valence-electron chi connectivity index (χ2n) is 6.50. The van der Waals surface area contributed by atoms with E-state index in [1.165, 1.54) is 24.4 Å². The van der Waals surface area contributed by atoms with E-state index in [4.69, 9.17) is 0 Å². The number of rotatable bonds is 6. The lowest BCUT2D eigenvalue weighted by atomic mass is 10.1. The van der Waals surface area contributed by atoms with Gasteiger partial charge in [0, 0.05) is 35.7 Å². The molecule has 0 unspecified atom stereocenters. The summed E-state index contributed by atoms with van der Waals surface area (Å²) in [6, 6.07) is 13.7. The Kier molecular flexibility index (Phi) is 5.12. The normalized spacial score (nSPS) is 13.5. The van der Waals surface area contributed by atoms with Gasteiger partial charge in [0.25, 0.3) is 5.91 Å². The highest BCUT2D eigenvalue weighted by atomic mass is 19.3. The van der Waals surface area contributed by atoms with E-state index in [1.54, 1.807) is 36.4 Å². The number of hydrogen-bond donors (Lipinski definition) is 3. The van der Waals surface area contributed by atoms with Crippen LogP contribution in [0.5, 0.6) is 11.5 Å². The number of carboxylic acids is 1. The summed E-state index contributed by atoms with van der Waals surface area (Å²) in [7, 11) is 0. The number of para-hydroxylation sites is 1. The van der Waals surface area contributed by atoms with Crippen LogP contribution in [0, 0.1) is 0 Å². The summed E-state index contributed by atoms with van der Waals surface area (Å²) in [5, 5.41) is 14.9. The molecule has 0 bridgehead atoms. The number of carboxylic acid groups (broad SMARTS) is 1. The van der Waals surface area contributed by atoms with Gasteiger partial charge in [-0.2, -0.15) is 0 Å². The Morgan fingerprint density at radius 2 is 1.81 bits per heavy atom. The maximum atomic E-state index is 13.2. The lowest BCUT2D eigenvalue weighted by Crippen LogP contribution is -2.25. The largest absolute Gasteiger partial charge is 0.586 e. The summed E-state index contributed by atoms with van der Waals surface area (Å²) in [5.41, 5.74) is 1.31. The first-order chi connectivity index (χ1) is 14.8. The molecule has 1 aliphatic rings. The van der Waals surface area contributed by atoms with Crippen LogP contribution in [0.3, 0.4) is 0 Å². The fourth-order valence-electron chi connectivity index (χ4n) is 3.02. The van der Waals surface area contributed by atoms with Gasteiger partial charge in [-0.3, -0.25) is 4.79 Å². The van der Waals surface area contributed by atoms with Crippen LogP contribution in [0.4, 0.5) is 20.2 Å². The van der Waals surface area contributed by atoms with Crippen molar-refractivity contribution >= 4 is 23.3 Å². The lowest BCUT2D eigenvalue weighted by Gasteiger charge is -2.13. The Balaban J connectivity index is 1.50. The van der Waals surface area contributed by atoms with Gasteiger partial charge in [-0.15, -0.1) is 8.78 Å². The van der Waals surface area contributed by atoms with Crippen molar-refractivity contribution in [2.75, 3.05) is 10.6 Å². The van der Waals surface area contributed by atoms with Crippen LogP contribution in [0.2, 0.25) is 0 Å². The Morgan fingerprint density at radius 1 is 1.03 bits per heavy atom. The van der Waals surface area contributed by atoms with Crippen LogP contribution in [0.15, 0.2) is 60.8 Å². The minimum Gasteiger partial charge on any atom is -0.477 e. The van der Waals surface area contributed by atoms with E-state index >= 15 is 0 Å². The Bertz CT molecular complexity index is 1170. The Morgan fingerprint density at radius 3 is 2.61 bits per heavy atom. The van der Waals surface area contributed by atoms with Gasteiger partial charge < -0.3 is 25.2 Å². The van der Waals surface area contributed by atoms with Gasteiger partial charge in [0.05, 0.1) is 5.56 Å². The molecule has 2 aromatic carbocycles. The third-order valence-corrected chi connectivity index (χ3v) is 4.39. The first-order valence-electron chi connectivity index (χ1n) is 9.04. The molecule has 10 heteroatoms. The quantitative estimate of drug-likeness (QED) is 0.546. The summed E-state index contributed by atoms with van der Waals surface area (Å²) in [4.78, 5) is 27.9. The molecule has 3 aromatic rings. The highest BCUT2D eigenvalue weighted by molar-refractivity contribution is 6.08. The van der Waals surface area contributed by atoms with Gasteiger partial charge in [-0.1, -0.05) is 18.2 Å². The highest BCUT2D eigenvalue weighted by Gasteiger charge is 2.43. The minimum atomic E-state index is -3.75.